The molecule has 0 bridgehead atoms. The lowest BCUT2D eigenvalue weighted by molar-refractivity contribution is -0.143. The molecule has 0 N–H and O–H groups in total. The molecule has 0 radical (unpaired) electrons. The van der Waals surface area contributed by atoms with Crippen molar-refractivity contribution in [2.45, 2.75) is 39.0 Å². The number of esters is 1. The van der Waals surface area contributed by atoms with Gasteiger partial charge in [0.1, 0.15) is 0 Å². The standard InChI is InChI=1S/C22H24O2/c1-2-24-22(23)15-5-3-4-14-21-19-12-8-6-10-17(19)16-18-11-7-9-13-20(18)21/h6-13,16H,2-5,14-15H2,1H3. The van der Waals surface area contributed by atoms with Gasteiger partial charge in [0.05, 0.1) is 6.61 Å². The van der Waals surface area contributed by atoms with Crippen LogP contribution in [0.25, 0.3) is 21.5 Å². The first kappa shape index (κ1) is 16.5. The average Bonchev–Trinajstić information content (AvgIpc) is 2.61. The number of carbonyl (C=O) groups is 1. The highest BCUT2D eigenvalue weighted by Crippen LogP contribution is 2.29. The van der Waals surface area contributed by atoms with Crippen LogP contribution in [0, 0.1) is 0 Å². The lowest BCUT2D eigenvalue weighted by Gasteiger charge is -2.11. The summed E-state index contributed by atoms with van der Waals surface area (Å²) in [5.74, 6) is -0.0758. The predicted molar refractivity (Wildman–Crippen MR) is 100 cm³/mol. The normalized spacial score (nSPS) is 11.0. The minimum absolute atomic E-state index is 0.0758. The molecule has 3 aromatic rings. The molecule has 2 heteroatoms. The third-order valence-corrected chi connectivity index (χ3v) is 4.50. The SMILES string of the molecule is CCOC(=O)CCCCCc1c2ccccc2cc2ccccc12. The maximum Gasteiger partial charge on any atom is 0.305 e. The van der Waals surface area contributed by atoms with Crippen molar-refractivity contribution < 1.29 is 9.53 Å². The quantitative estimate of drug-likeness (QED) is 0.319. The van der Waals surface area contributed by atoms with E-state index in [9.17, 15) is 4.79 Å². The first-order valence-electron chi connectivity index (χ1n) is 8.84. The molecule has 0 spiro atoms. The number of rotatable bonds is 7. The Balaban J connectivity index is 1.74. The van der Waals surface area contributed by atoms with Gasteiger partial charge in [0.15, 0.2) is 0 Å². The van der Waals surface area contributed by atoms with Crippen LogP contribution in [0.4, 0.5) is 0 Å². The van der Waals surface area contributed by atoms with E-state index in [1.54, 1.807) is 0 Å². The minimum atomic E-state index is -0.0758. The van der Waals surface area contributed by atoms with E-state index in [0.29, 0.717) is 13.0 Å². The van der Waals surface area contributed by atoms with Gasteiger partial charge in [0.2, 0.25) is 0 Å². The molecule has 0 saturated carbocycles. The smallest absolute Gasteiger partial charge is 0.305 e. The van der Waals surface area contributed by atoms with Crippen molar-refractivity contribution in [2.75, 3.05) is 6.61 Å². The van der Waals surface area contributed by atoms with Gasteiger partial charge in [-0.1, -0.05) is 55.0 Å². The van der Waals surface area contributed by atoms with E-state index in [1.807, 2.05) is 6.92 Å². The molecule has 124 valence electrons. The van der Waals surface area contributed by atoms with Crippen LogP contribution in [0.2, 0.25) is 0 Å². The molecule has 0 fully saturated rings. The van der Waals surface area contributed by atoms with Crippen molar-refractivity contribution in [3.05, 3.63) is 60.2 Å². The van der Waals surface area contributed by atoms with Crippen molar-refractivity contribution in [3.63, 3.8) is 0 Å². The van der Waals surface area contributed by atoms with Gasteiger partial charge in [-0.05, 0) is 59.4 Å². The van der Waals surface area contributed by atoms with Crippen molar-refractivity contribution in [1.29, 1.82) is 0 Å². The fourth-order valence-electron chi connectivity index (χ4n) is 3.36. The average molecular weight is 320 g/mol. The summed E-state index contributed by atoms with van der Waals surface area (Å²) in [4.78, 5) is 11.4. The molecule has 0 aliphatic rings. The molecular weight excluding hydrogens is 296 g/mol. The van der Waals surface area contributed by atoms with E-state index >= 15 is 0 Å². The molecule has 0 aliphatic heterocycles. The topological polar surface area (TPSA) is 26.3 Å². The Morgan fingerprint density at radius 2 is 1.50 bits per heavy atom. The molecule has 2 nitrogen and oxygen atoms in total. The maximum absolute atomic E-state index is 11.4. The highest BCUT2D eigenvalue weighted by Gasteiger charge is 2.07. The van der Waals surface area contributed by atoms with E-state index in [1.165, 1.54) is 27.1 Å². The van der Waals surface area contributed by atoms with Gasteiger partial charge in [0, 0.05) is 6.42 Å². The molecular formula is C22H24O2. The minimum Gasteiger partial charge on any atom is -0.466 e. The number of fused-ring (bicyclic) bond motifs is 2. The van der Waals surface area contributed by atoms with Gasteiger partial charge in [-0.25, -0.2) is 0 Å². The fourth-order valence-corrected chi connectivity index (χ4v) is 3.36. The number of unbranched alkanes of at least 4 members (excludes halogenated alkanes) is 2. The number of carbonyl (C=O) groups excluding carboxylic acids is 1. The summed E-state index contributed by atoms with van der Waals surface area (Å²) in [5.41, 5.74) is 1.43. The Morgan fingerprint density at radius 1 is 0.875 bits per heavy atom. The summed E-state index contributed by atoms with van der Waals surface area (Å²) in [5, 5.41) is 5.30. The third kappa shape index (κ3) is 3.76. The second-order valence-corrected chi connectivity index (χ2v) is 6.16. The summed E-state index contributed by atoms with van der Waals surface area (Å²) in [6.07, 6.45) is 4.63. The van der Waals surface area contributed by atoms with Gasteiger partial charge >= 0.3 is 5.97 Å². The van der Waals surface area contributed by atoms with Crippen molar-refractivity contribution in [1.82, 2.24) is 0 Å². The first-order chi connectivity index (χ1) is 11.8. The zero-order chi connectivity index (χ0) is 16.8. The van der Waals surface area contributed by atoms with Crippen molar-refractivity contribution >= 4 is 27.5 Å². The van der Waals surface area contributed by atoms with Crippen molar-refractivity contribution in [3.8, 4) is 0 Å². The molecule has 0 amide bonds. The number of aryl methyl sites for hydroxylation is 1. The number of ether oxygens (including phenoxy) is 1. The fraction of sp³-hybridized carbons (Fsp3) is 0.318. The van der Waals surface area contributed by atoms with Gasteiger partial charge in [0.25, 0.3) is 0 Å². The lowest BCUT2D eigenvalue weighted by Crippen LogP contribution is -2.03. The summed E-state index contributed by atoms with van der Waals surface area (Å²) < 4.78 is 4.98. The predicted octanol–water partition coefficient (Wildman–Crippen LogP) is 5.66. The first-order valence-corrected chi connectivity index (χ1v) is 8.84. The van der Waals surface area contributed by atoms with E-state index in [0.717, 1.165) is 25.7 Å². The van der Waals surface area contributed by atoms with Gasteiger partial charge in [-0.15, -0.1) is 0 Å². The molecule has 24 heavy (non-hydrogen) atoms. The zero-order valence-electron chi connectivity index (χ0n) is 14.3. The highest BCUT2D eigenvalue weighted by atomic mass is 16.5. The second-order valence-electron chi connectivity index (χ2n) is 6.16. The number of hydrogen-bond acceptors (Lipinski definition) is 2. The Bertz CT molecular complexity index is 782. The second kappa shape index (κ2) is 7.96. The van der Waals surface area contributed by atoms with E-state index in [-0.39, 0.29) is 5.97 Å². The van der Waals surface area contributed by atoms with E-state index in [2.05, 4.69) is 54.6 Å². The summed E-state index contributed by atoms with van der Waals surface area (Å²) in [6.45, 7) is 2.32. The Hall–Kier alpha value is -2.35. The Morgan fingerprint density at radius 3 is 2.12 bits per heavy atom. The molecule has 0 saturated heterocycles. The molecule has 0 aliphatic carbocycles. The molecule has 3 aromatic carbocycles. The number of hydrogen-bond donors (Lipinski definition) is 0. The molecule has 0 unspecified atom stereocenters. The third-order valence-electron chi connectivity index (χ3n) is 4.50. The van der Waals surface area contributed by atoms with Crippen LogP contribution >= 0.6 is 0 Å². The summed E-state index contributed by atoms with van der Waals surface area (Å²) >= 11 is 0. The maximum atomic E-state index is 11.4. The van der Waals surface area contributed by atoms with Gasteiger partial charge in [-0.2, -0.15) is 0 Å². The van der Waals surface area contributed by atoms with Crippen molar-refractivity contribution in [2.24, 2.45) is 0 Å². The zero-order valence-corrected chi connectivity index (χ0v) is 14.3. The largest absolute Gasteiger partial charge is 0.466 e. The Labute approximate surface area is 143 Å². The Kier molecular flexibility index (Phi) is 5.47. The summed E-state index contributed by atoms with van der Waals surface area (Å²) in [7, 11) is 0. The molecule has 0 heterocycles. The van der Waals surface area contributed by atoms with Crippen LogP contribution in [0.5, 0.6) is 0 Å². The van der Waals surface area contributed by atoms with E-state index < -0.39 is 0 Å². The molecule has 0 aromatic heterocycles. The van der Waals surface area contributed by atoms with Gasteiger partial charge < -0.3 is 4.74 Å². The molecule has 3 rings (SSSR count). The monoisotopic (exact) mass is 320 g/mol. The lowest BCUT2D eigenvalue weighted by atomic mass is 9.93. The highest BCUT2D eigenvalue weighted by molar-refractivity contribution is 6.02. The van der Waals surface area contributed by atoms with Crippen LogP contribution in [0.15, 0.2) is 54.6 Å². The van der Waals surface area contributed by atoms with Crippen LogP contribution < -0.4 is 0 Å². The van der Waals surface area contributed by atoms with Gasteiger partial charge in [-0.3, -0.25) is 4.79 Å². The summed E-state index contributed by atoms with van der Waals surface area (Å²) in [6, 6.07) is 19.5. The van der Waals surface area contributed by atoms with Crippen LogP contribution in [-0.4, -0.2) is 12.6 Å². The van der Waals surface area contributed by atoms with E-state index in [4.69, 9.17) is 4.74 Å². The van der Waals surface area contributed by atoms with Crippen LogP contribution in [0.1, 0.15) is 38.2 Å². The number of benzene rings is 3. The van der Waals surface area contributed by atoms with Crippen LogP contribution in [-0.2, 0) is 16.0 Å². The van der Waals surface area contributed by atoms with Crippen LogP contribution in [0.3, 0.4) is 0 Å². The molecule has 0 atom stereocenters.